The molecule has 0 unspecified atom stereocenters. The summed E-state index contributed by atoms with van der Waals surface area (Å²) in [5, 5.41) is 0. The van der Waals surface area contributed by atoms with Gasteiger partial charge >= 0.3 is 12.7 Å². The van der Waals surface area contributed by atoms with Crippen LogP contribution in [0.25, 0.3) is 0 Å². The maximum atomic E-state index is 11.7. The first-order chi connectivity index (χ1) is 10.9. The zero-order valence-electron chi connectivity index (χ0n) is 14.0. The Morgan fingerprint density at radius 1 is 0.538 bits per heavy atom. The highest BCUT2D eigenvalue weighted by Gasteiger charge is 2.35. The quantitative estimate of drug-likeness (QED) is 0.625. The van der Waals surface area contributed by atoms with Crippen LogP contribution >= 0.6 is 24.8 Å². The molecule has 0 amide bonds. The van der Waals surface area contributed by atoms with Gasteiger partial charge in [0.1, 0.15) is 0 Å². The van der Waals surface area contributed by atoms with Crippen molar-refractivity contribution in [1.82, 2.24) is 0 Å². The summed E-state index contributed by atoms with van der Waals surface area (Å²) >= 11 is 0. The van der Waals surface area contributed by atoms with Crippen LogP contribution in [0.1, 0.15) is 51.4 Å². The van der Waals surface area contributed by atoms with E-state index in [0.717, 1.165) is 0 Å². The molecule has 26 heavy (non-hydrogen) atoms. The lowest BCUT2D eigenvalue weighted by Gasteiger charge is -2.26. The van der Waals surface area contributed by atoms with Crippen LogP contribution in [0, 0.1) is 0 Å². The predicted octanol–water partition coefficient (Wildman–Crippen LogP) is 4.43. The predicted molar refractivity (Wildman–Crippen MR) is 89.2 cm³/mol. The minimum atomic E-state index is -4.49. The number of rotatable bonds is 2. The summed E-state index contributed by atoms with van der Waals surface area (Å²) in [7, 11) is 0. The molecular formula is C14H26Cl2F6N2O2. The average Bonchev–Trinajstić information content (AvgIpc) is 2.42. The molecule has 0 radical (unpaired) electrons. The Labute approximate surface area is 161 Å². The molecule has 0 saturated heterocycles. The molecule has 4 N–H and O–H groups in total. The van der Waals surface area contributed by atoms with E-state index in [2.05, 4.69) is 9.47 Å². The highest BCUT2D eigenvalue weighted by molar-refractivity contribution is 5.85. The number of alkyl halides is 6. The van der Waals surface area contributed by atoms with Crippen molar-refractivity contribution < 1.29 is 35.8 Å². The second kappa shape index (κ2) is 12.5. The van der Waals surface area contributed by atoms with Crippen molar-refractivity contribution in [2.45, 2.75) is 88.4 Å². The molecule has 0 aromatic heterocycles. The Morgan fingerprint density at radius 3 is 0.962 bits per heavy atom. The van der Waals surface area contributed by atoms with E-state index in [-0.39, 0.29) is 36.9 Å². The Balaban J connectivity index is 0. The standard InChI is InChI=1S/2C7H12F3NO.2ClH/c2*8-7(9,10)12-6-3-1-5(11)2-4-6;;/h2*5-6H,1-4,11H2;2*1H. The van der Waals surface area contributed by atoms with Crippen LogP contribution in [0.2, 0.25) is 0 Å². The van der Waals surface area contributed by atoms with Crippen LogP contribution in [-0.2, 0) is 9.47 Å². The van der Waals surface area contributed by atoms with Gasteiger partial charge in [-0.15, -0.1) is 51.2 Å². The molecule has 0 bridgehead atoms. The lowest BCUT2D eigenvalue weighted by molar-refractivity contribution is -0.346. The number of halogens is 8. The molecule has 0 aromatic carbocycles. The summed E-state index contributed by atoms with van der Waals surface area (Å²) in [6, 6.07) is 0.108. The van der Waals surface area contributed by atoms with Crippen LogP contribution < -0.4 is 11.5 Å². The van der Waals surface area contributed by atoms with Crippen molar-refractivity contribution in [3.8, 4) is 0 Å². The first-order valence-corrected chi connectivity index (χ1v) is 7.95. The van der Waals surface area contributed by atoms with Crippen molar-refractivity contribution in [3.63, 3.8) is 0 Å². The van der Waals surface area contributed by atoms with Gasteiger partial charge in [-0.25, -0.2) is 0 Å². The van der Waals surface area contributed by atoms with Crippen molar-refractivity contribution in [3.05, 3.63) is 0 Å². The molecule has 2 rings (SSSR count). The molecule has 2 aliphatic rings. The molecule has 0 spiro atoms. The molecule has 0 aliphatic heterocycles. The molecule has 12 heteroatoms. The van der Waals surface area contributed by atoms with E-state index in [1.54, 1.807) is 0 Å². The number of ether oxygens (including phenoxy) is 2. The van der Waals surface area contributed by atoms with Crippen molar-refractivity contribution >= 4 is 24.8 Å². The smallest absolute Gasteiger partial charge is 0.328 e. The van der Waals surface area contributed by atoms with E-state index >= 15 is 0 Å². The summed E-state index contributed by atoms with van der Waals surface area (Å²) in [6.07, 6.45) is -6.17. The van der Waals surface area contributed by atoms with Gasteiger partial charge < -0.3 is 11.5 Å². The molecule has 0 aromatic rings. The monoisotopic (exact) mass is 438 g/mol. The summed E-state index contributed by atoms with van der Waals surface area (Å²) in [5.41, 5.74) is 11.0. The molecule has 2 aliphatic carbocycles. The first kappa shape index (κ1) is 28.2. The van der Waals surface area contributed by atoms with Gasteiger partial charge in [-0.05, 0) is 51.4 Å². The van der Waals surface area contributed by atoms with Crippen molar-refractivity contribution in [1.29, 1.82) is 0 Å². The Kier molecular flexibility index (Phi) is 13.5. The van der Waals surface area contributed by atoms with E-state index < -0.39 is 24.9 Å². The average molecular weight is 439 g/mol. The van der Waals surface area contributed by atoms with Crippen LogP contribution in [-0.4, -0.2) is 37.0 Å². The van der Waals surface area contributed by atoms with Gasteiger partial charge in [0.15, 0.2) is 0 Å². The van der Waals surface area contributed by atoms with E-state index in [9.17, 15) is 26.3 Å². The fraction of sp³-hybridized carbons (Fsp3) is 1.00. The van der Waals surface area contributed by atoms with E-state index in [4.69, 9.17) is 11.5 Å². The largest absolute Gasteiger partial charge is 0.522 e. The fourth-order valence-electron chi connectivity index (χ4n) is 2.79. The van der Waals surface area contributed by atoms with Crippen LogP contribution in [0.5, 0.6) is 0 Å². The molecule has 2 saturated carbocycles. The second-order valence-corrected chi connectivity index (χ2v) is 6.20. The Hall–Kier alpha value is -0.000000000000000111. The van der Waals surface area contributed by atoms with Crippen LogP contribution in [0.3, 0.4) is 0 Å². The van der Waals surface area contributed by atoms with Gasteiger partial charge in [-0.3, -0.25) is 9.47 Å². The fourth-order valence-corrected chi connectivity index (χ4v) is 2.79. The van der Waals surface area contributed by atoms with Crippen molar-refractivity contribution in [2.24, 2.45) is 11.5 Å². The number of nitrogens with two attached hydrogens (primary N) is 2. The van der Waals surface area contributed by atoms with Gasteiger partial charge in [0.2, 0.25) is 0 Å². The van der Waals surface area contributed by atoms with Crippen LogP contribution in [0.15, 0.2) is 0 Å². The van der Waals surface area contributed by atoms with Crippen molar-refractivity contribution in [2.75, 3.05) is 0 Å². The minimum Gasteiger partial charge on any atom is -0.328 e. The normalized spacial score (nSPS) is 29.5. The molecule has 160 valence electrons. The maximum absolute atomic E-state index is 11.7. The summed E-state index contributed by atoms with van der Waals surface area (Å²) in [5.74, 6) is 0. The van der Waals surface area contributed by atoms with Gasteiger partial charge in [-0.1, -0.05) is 0 Å². The summed E-state index contributed by atoms with van der Waals surface area (Å²) < 4.78 is 77.8. The SMILES string of the molecule is Cl.Cl.NC1CCC(OC(F)(F)F)CC1.NC1CCC(OC(F)(F)F)CC1. The lowest BCUT2D eigenvalue weighted by atomic mass is 9.94. The lowest BCUT2D eigenvalue weighted by Crippen LogP contribution is -2.33. The summed E-state index contributed by atoms with van der Waals surface area (Å²) in [4.78, 5) is 0. The second-order valence-electron chi connectivity index (χ2n) is 6.20. The highest BCUT2D eigenvalue weighted by Crippen LogP contribution is 2.28. The Morgan fingerprint density at radius 2 is 0.769 bits per heavy atom. The topological polar surface area (TPSA) is 70.5 Å². The third-order valence-electron chi connectivity index (χ3n) is 4.04. The first-order valence-electron chi connectivity index (χ1n) is 7.95. The van der Waals surface area contributed by atoms with E-state index in [1.165, 1.54) is 0 Å². The van der Waals surface area contributed by atoms with Gasteiger partial charge in [0, 0.05) is 12.1 Å². The van der Waals surface area contributed by atoms with Gasteiger partial charge in [-0.2, -0.15) is 0 Å². The van der Waals surface area contributed by atoms with Gasteiger partial charge in [0.05, 0.1) is 12.2 Å². The van der Waals surface area contributed by atoms with E-state index in [1.807, 2.05) is 0 Å². The maximum Gasteiger partial charge on any atom is 0.522 e. The zero-order chi connectivity index (χ0) is 18.4. The molecule has 0 atom stereocenters. The molecule has 2 fully saturated rings. The van der Waals surface area contributed by atoms with Gasteiger partial charge in [0.25, 0.3) is 0 Å². The summed E-state index contributed by atoms with van der Waals surface area (Å²) in [6.45, 7) is 0. The van der Waals surface area contributed by atoms with Crippen LogP contribution in [0.4, 0.5) is 26.3 Å². The third kappa shape index (κ3) is 14.1. The Bertz CT molecular complexity index is 324. The number of hydrogen-bond donors (Lipinski definition) is 2. The minimum absolute atomic E-state index is 0. The molecule has 4 nitrogen and oxygen atoms in total. The number of hydrogen-bond acceptors (Lipinski definition) is 4. The third-order valence-corrected chi connectivity index (χ3v) is 4.04. The van der Waals surface area contributed by atoms with E-state index in [0.29, 0.717) is 51.4 Å². The molecular weight excluding hydrogens is 413 g/mol. The highest BCUT2D eigenvalue weighted by atomic mass is 35.5. The zero-order valence-corrected chi connectivity index (χ0v) is 15.7. The molecule has 0 heterocycles.